The highest BCUT2D eigenvalue weighted by atomic mass is 79.9. The van der Waals surface area contributed by atoms with E-state index in [-0.39, 0.29) is 5.91 Å². The molecule has 0 aliphatic carbocycles. The van der Waals surface area contributed by atoms with Gasteiger partial charge in [0.15, 0.2) is 5.13 Å². The fourth-order valence-electron chi connectivity index (χ4n) is 3.49. The lowest BCUT2D eigenvalue weighted by atomic mass is 10.1. The van der Waals surface area contributed by atoms with Gasteiger partial charge < -0.3 is 0 Å². The molecule has 1 heterocycles. The number of amides is 1. The normalized spacial score (nSPS) is 10.8. The summed E-state index contributed by atoms with van der Waals surface area (Å²) in [5, 5.41) is 1.37. The zero-order chi connectivity index (χ0) is 22.5. The molecular weight excluding hydrogens is 504 g/mol. The molecule has 0 aliphatic rings. The Balaban J connectivity index is 1.71. The first-order valence-electron chi connectivity index (χ1n) is 10.4. The number of rotatable bonds is 7. The first kappa shape index (κ1) is 22.7. The molecule has 162 valence electrons. The molecule has 0 radical (unpaired) electrons. The van der Waals surface area contributed by atoms with Crippen LogP contribution in [0, 0.1) is 0 Å². The van der Waals surface area contributed by atoms with Gasteiger partial charge in [-0.3, -0.25) is 9.69 Å². The Kier molecular flexibility index (Phi) is 7.40. The third kappa shape index (κ3) is 5.29. The molecule has 4 aromatic rings. The SMILES string of the molecule is CCc1sc(N(C(=O)CCc2ccccc2)c2cccc(Br)c2)nc1-c1ccc(Cl)cc1. The first-order chi connectivity index (χ1) is 15.5. The van der Waals surface area contributed by atoms with Crippen molar-refractivity contribution < 1.29 is 4.79 Å². The van der Waals surface area contributed by atoms with Crippen LogP contribution >= 0.6 is 38.9 Å². The zero-order valence-corrected chi connectivity index (χ0v) is 20.8. The van der Waals surface area contributed by atoms with Gasteiger partial charge in [0.2, 0.25) is 5.91 Å². The number of thiazole rings is 1. The molecule has 0 fully saturated rings. The Morgan fingerprint density at radius 2 is 1.78 bits per heavy atom. The molecule has 3 nitrogen and oxygen atoms in total. The van der Waals surface area contributed by atoms with Gasteiger partial charge in [0.1, 0.15) is 0 Å². The summed E-state index contributed by atoms with van der Waals surface area (Å²) in [6.07, 6.45) is 1.91. The monoisotopic (exact) mass is 524 g/mol. The Labute approximate surface area is 205 Å². The van der Waals surface area contributed by atoms with Crippen LogP contribution in [-0.2, 0) is 17.6 Å². The van der Waals surface area contributed by atoms with E-state index in [0.717, 1.165) is 38.3 Å². The minimum Gasteiger partial charge on any atom is -0.274 e. The van der Waals surface area contributed by atoms with Crippen LogP contribution in [0.4, 0.5) is 10.8 Å². The van der Waals surface area contributed by atoms with E-state index in [1.54, 1.807) is 16.2 Å². The van der Waals surface area contributed by atoms with Crippen molar-refractivity contribution in [2.75, 3.05) is 4.90 Å². The Hall–Kier alpha value is -2.47. The van der Waals surface area contributed by atoms with Crippen LogP contribution in [0.25, 0.3) is 11.3 Å². The summed E-state index contributed by atoms with van der Waals surface area (Å²) in [6, 6.07) is 25.6. The van der Waals surface area contributed by atoms with Crippen molar-refractivity contribution in [3.8, 4) is 11.3 Å². The molecule has 0 saturated carbocycles. The van der Waals surface area contributed by atoms with Gasteiger partial charge in [-0.2, -0.15) is 0 Å². The molecule has 4 rings (SSSR count). The number of aryl methyl sites for hydroxylation is 2. The smallest absolute Gasteiger partial charge is 0.233 e. The van der Waals surface area contributed by atoms with E-state index in [1.165, 1.54) is 0 Å². The van der Waals surface area contributed by atoms with Crippen LogP contribution in [0.2, 0.25) is 5.02 Å². The minimum absolute atomic E-state index is 0.0195. The maximum absolute atomic E-state index is 13.5. The number of hydrogen-bond acceptors (Lipinski definition) is 3. The molecule has 0 aliphatic heterocycles. The van der Waals surface area contributed by atoms with E-state index in [9.17, 15) is 4.79 Å². The van der Waals surface area contributed by atoms with E-state index >= 15 is 0 Å². The molecule has 0 unspecified atom stereocenters. The van der Waals surface area contributed by atoms with Crippen LogP contribution < -0.4 is 4.90 Å². The summed E-state index contributed by atoms with van der Waals surface area (Å²) >= 11 is 11.2. The van der Waals surface area contributed by atoms with E-state index in [1.807, 2.05) is 78.9 Å². The fraction of sp³-hybridized carbons (Fsp3) is 0.154. The average Bonchev–Trinajstić information content (AvgIpc) is 3.23. The predicted molar refractivity (Wildman–Crippen MR) is 138 cm³/mol. The summed E-state index contributed by atoms with van der Waals surface area (Å²) in [5.41, 5.74) is 3.85. The number of halogens is 2. The number of nitrogens with zero attached hydrogens (tertiary/aromatic N) is 2. The molecule has 32 heavy (non-hydrogen) atoms. The van der Waals surface area contributed by atoms with Gasteiger partial charge >= 0.3 is 0 Å². The number of benzene rings is 3. The summed E-state index contributed by atoms with van der Waals surface area (Å²) in [4.78, 5) is 21.3. The van der Waals surface area contributed by atoms with Gasteiger partial charge in [0, 0.05) is 26.4 Å². The molecule has 0 spiro atoms. The predicted octanol–water partition coefficient (Wildman–Crippen LogP) is 8.09. The molecule has 0 saturated heterocycles. The molecular formula is C26H22BrClN2OS. The van der Waals surface area contributed by atoms with Crippen molar-refractivity contribution in [2.24, 2.45) is 0 Å². The lowest BCUT2D eigenvalue weighted by Crippen LogP contribution is -2.26. The number of aromatic nitrogens is 1. The van der Waals surface area contributed by atoms with E-state index in [0.29, 0.717) is 23.0 Å². The molecule has 0 bridgehead atoms. The highest BCUT2D eigenvalue weighted by Crippen LogP contribution is 2.38. The Morgan fingerprint density at radius 1 is 1.03 bits per heavy atom. The maximum atomic E-state index is 13.5. The topological polar surface area (TPSA) is 33.2 Å². The number of anilines is 2. The summed E-state index contributed by atoms with van der Waals surface area (Å²) < 4.78 is 0.918. The molecule has 1 amide bonds. The van der Waals surface area contributed by atoms with Crippen LogP contribution in [0.1, 0.15) is 23.8 Å². The van der Waals surface area contributed by atoms with Crippen LogP contribution in [0.5, 0.6) is 0 Å². The maximum Gasteiger partial charge on any atom is 0.233 e. The number of hydrogen-bond donors (Lipinski definition) is 0. The van der Waals surface area contributed by atoms with Crippen molar-refractivity contribution in [3.05, 3.63) is 98.8 Å². The van der Waals surface area contributed by atoms with Crippen molar-refractivity contribution in [1.82, 2.24) is 4.98 Å². The van der Waals surface area contributed by atoms with Gasteiger partial charge in [-0.1, -0.05) is 83.0 Å². The molecule has 3 aromatic carbocycles. The van der Waals surface area contributed by atoms with Crippen LogP contribution in [0.3, 0.4) is 0 Å². The number of carbonyl (C=O) groups is 1. The quantitative estimate of drug-likeness (QED) is 0.244. The van der Waals surface area contributed by atoms with Gasteiger partial charge in [-0.25, -0.2) is 4.98 Å². The Morgan fingerprint density at radius 3 is 2.47 bits per heavy atom. The van der Waals surface area contributed by atoms with Crippen LogP contribution in [0.15, 0.2) is 83.3 Å². The zero-order valence-electron chi connectivity index (χ0n) is 17.6. The van der Waals surface area contributed by atoms with Gasteiger partial charge in [-0.15, -0.1) is 11.3 Å². The largest absolute Gasteiger partial charge is 0.274 e. The van der Waals surface area contributed by atoms with Gasteiger partial charge in [0.05, 0.1) is 11.4 Å². The van der Waals surface area contributed by atoms with E-state index in [4.69, 9.17) is 16.6 Å². The van der Waals surface area contributed by atoms with Crippen molar-refractivity contribution in [2.45, 2.75) is 26.2 Å². The second-order valence-corrected chi connectivity index (χ2v) is 9.74. The molecule has 0 atom stereocenters. The highest BCUT2D eigenvalue weighted by Gasteiger charge is 2.24. The molecule has 6 heteroatoms. The third-order valence-corrected chi connectivity index (χ3v) is 7.03. The first-order valence-corrected chi connectivity index (χ1v) is 12.4. The van der Waals surface area contributed by atoms with Gasteiger partial charge in [-0.05, 0) is 48.7 Å². The number of carbonyl (C=O) groups excluding carboxylic acids is 1. The van der Waals surface area contributed by atoms with E-state index < -0.39 is 0 Å². The fourth-order valence-corrected chi connectivity index (χ4v) is 5.07. The minimum atomic E-state index is 0.0195. The summed E-state index contributed by atoms with van der Waals surface area (Å²) in [7, 11) is 0. The average molecular weight is 526 g/mol. The lowest BCUT2D eigenvalue weighted by molar-refractivity contribution is -0.117. The second-order valence-electron chi connectivity index (χ2n) is 7.32. The third-order valence-electron chi connectivity index (χ3n) is 5.10. The standard InChI is InChI=1S/C26H22BrClN2OS/c1-2-23-25(19-12-14-21(28)15-13-19)29-26(32-23)30(22-10-6-9-20(27)17-22)24(31)16-11-18-7-4-3-5-8-18/h3-10,12-15,17H,2,11,16H2,1H3. The van der Waals surface area contributed by atoms with E-state index in [2.05, 4.69) is 22.9 Å². The molecule has 1 aromatic heterocycles. The summed E-state index contributed by atoms with van der Waals surface area (Å²) in [6.45, 7) is 2.11. The second kappa shape index (κ2) is 10.4. The van der Waals surface area contributed by atoms with Gasteiger partial charge in [0.25, 0.3) is 0 Å². The highest BCUT2D eigenvalue weighted by molar-refractivity contribution is 9.10. The van der Waals surface area contributed by atoms with Crippen LogP contribution in [-0.4, -0.2) is 10.9 Å². The lowest BCUT2D eigenvalue weighted by Gasteiger charge is -2.20. The Bertz CT molecular complexity index is 1210. The van der Waals surface area contributed by atoms with Crippen molar-refractivity contribution >= 4 is 55.6 Å². The van der Waals surface area contributed by atoms with Crippen molar-refractivity contribution in [3.63, 3.8) is 0 Å². The molecule has 0 N–H and O–H groups in total. The summed E-state index contributed by atoms with van der Waals surface area (Å²) in [5.74, 6) is 0.0195. The van der Waals surface area contributed by atoms with Crippen molar-refractivity contribution in [1.29, 1.82) is 0 Å².